The Labute approximate surface area is 109 Å². The van der Waals surface area contributed by atoms with E-state index in [9.17, 15) is 19.1 Å². The van der Waals surface area contributed by atoms with Crippen LogP contribution in [0.4, 0.5) is 0 Å². The second-order valence-corrected chi connectivity index (χ2v) is 6.50. The highest BCUT2D eigenvalue weighted by atomic mass is 31.2. The lowest BCUT2D eigenvalue weighted by Crippen LogP contribution is -2.01. The molecule has 1 saturated carbocycles. The lowest BCUT2D eigenvalue weighted by Gasteiger charge is -2.13. The van der Waals surface area contributed by atoms with Crippen molar-refractivity contribution in [3.63, 3.8) is 0 Å². The molecule has 3 rings (SSSR count). The highest BCUT2D eigenvalue weighted by Crippen LogP contribution is 2.56. The van der Waals surface area contributed by atoms with Gasteiger partial charge in [-0.25, -0.2) is 4.79 Å². The molecule has 7 heteroatoms. The summed E-state index contributed by atoms with van der Waals surface area (Å²) in [5.41, 5.74) is 0.388. The van der Waals surface area contributed by atoms with Gasteiger partial charge in [0.1, 0.15) is 5.75 Å². The average molecular weight is 284 g/mol. The molecular formula is C12H13O6P. The van der Waals surface area contributed by atoms with Crippen molar-refractivity contribution in [2.24, 2.45) is 5.92 Å². The van der Waals surface area contributed by atoms with E-state index in [1.807, 2.05) is 0 Å². The topological polar surface area (TPSA) is 93.1 Å². The largest absolute Gasteiger partial charge is 0.493 e. The average Bonchev–Trinajstić information content (AvgIpc) is 3.10. The van der Waals surface area contributed by atoms with E-state index in [1.54, 1.807) is 6.07 Å². The van der Waals surface area contributed by atoms with Crippen molar-refractivity contribution in [3.8, 4) is 5.75 Å². The van der Waals surface area contributed by atoms with Crippen LogP contribution in [0.25, 0.3) is 0 Å². The van der Waals surface area contributed by atoms with Crippen molar-refractivity contribution in [2.75, 3.05) is 6.61 Å². The molecule has 19 heavy (non-hydrogen) atoms. The van der Waals surface area contributed by atoms with Gasteiger partial charge in [0.25, 0.3) is 0 Å². The van der Waals surface area contributed by atoms with Crippen molar-refractivity contribution in [2.45, 2.75) is 18.7 Å². The number of rotatable bonds is 4. The lowest BCUT2D eigenvalue weighted by molar-refractivity contribution is 0.0471. The van der Waals surface area contributed by atoms with Gasteiger partial charge in [-0.2, -0.15) is 0 Å². The summed E-state index contributed by atoms with van der Waals surface area (Å²) in [5, 5.41) is 0. The number of fused-ring (bicyclic) bond motifs is 1. The highest BCUT2D eigenvalue weighted by molar-refractivity contribution is 7.52. The predicted octanol–water partition coefficient (Wildman–Crippen LogP) is 1.82. The molecule has 6 nitrogen and oxygen atoms in total. The molecule has 1 aromatic carbocycles. The summed E-state index contributed by atoms with van der Waals surface area (Å²) in [4.78, 5) is 29.9. The normalized spacial score (nSPS) is 22.0. The SMILES string of the molecule is O=C1OC(P(=O)(O)O)c2cc(OCC3CC3)ccc21. The molecule has 1 aliphatic heterocycles. The fourth-order valence-corrected chi connectivity index (χ4v) is 2.81. The van der Waals surface area contributed by atoms with Crippen LogP contribution >= 0.6 is 7.60 Å². The minimum absolute atomic E-state index is 0.187. The molecular weight excluding hydrogens is 271 g/mol. The molecule has 1 aliphatic carbocycles. The van der Waals surface area contributed by atoms with Crippen molar-refractivity contribution in [1.29, 1.82) is 0 Å². The zero-order valence-corrected chi connectivity index (χ0v) is 10.9. The Kier molecular flexibility index (Phi) is 2.89. The number of benzene rings is 1. The molecule has 1 aromatic rings. The monoisotopic (exact) mass is 284 g/mol. The number of hydrogen-bond donors (Lipinski definition) is 2. The van der Waals surface area contributed by atoms with Gasteiger partial charge < -0.3 is 19.3 Å². The first kappa shape index (κ1) is 12.7. The van der Waals surface area contributed by atoms with Crippen LogP contribution in [-0.4, -0.2) is 22.4 Å². The molecule has 102 valence electrons. The van der Waals surface area contributed by atoms with Gasteiger partial charge in [0.2, 0.25) is 5.85 Å². The van der Waals surface area contributed by atoms with E-state index < -0.39 is 19.4 Å². The van der Waals surface area contributed by atoms with Crippen LogP contribution in [0.15, 0.2) is 18.2 Å². The Balaban J connectivity index is 1.88. The highest BCUT2D eigenvalue weighted by Gasteiger charge is 2.42. The molecule has 0 aromatic heterocycles. The van der Waals surface area contributed by atoms with Gasteiger partial charge in [-0.3, -0.25) is 4.57 Å². The summed E-state index contributed by atoms with van der Waals surface area (Å²) in [5.74, 6) is -1.15. The minimum Gasteiger partial charge on any atom is -0.493 e. The van der Waals surface area contributed by atoms with E-state index in [4.69, 9.17) is 9.47 Å². The Morgan fingerprint density at radius 2 is 2.11 bits per heavy atom. The zero-order valence-electron chi connectivity index (χ0n) is 9.98. The van der Waals surface area contributed by atoms with Gasteiger partial charge in [-0.05, 0) is 37.0 Å². The molecule has 2 N–H and O–H groups in total. The number of carbonyl (C=O) groups excluding carboxylic acids is 1. The molecule has 0 amide bonds. The number of carbonyl (C=O) groups is 1. The third-order valence-corrected chi connectivity index (χ3v) is 4.21. The van der Waals surface area contributed by atoms with Crippen molar-refractivity contribution < 1.29 is 28.6 Å². The van der Waals surface area contributed by atoms with Crippen LogP contribution in [0.1, 0.15) is 34.6 Å². The summed E-state index contributed by atoms with van der Waals surface area (Å²) in [6.45, 7) is 0.591. The molecule has 0 radical (unpaired) electrons. The third-order valence-electron chi connectivity index (χ3n) is 3.22. The van der Waals surface area contributed by atoms with Crippen molar-refractivity contribution >= 4 is 13.6 Å². The first-order valence-corrected chi connectivity index (χ1v) is 7.66. The molecule has 1 heterocycles. The summed E-state index contributed by atoms with van der Waals surface area (Å²) >= 11 is 0. The number of ether oxygens (including phenoxy) is 2. The van der Waals surface area contributed by atoms with Crippen LogP contribution in [0.5, 0.6) is 5.75 Å². The van der Waals surface area contributed by atoms with E-state index in [-0.39, 0.29) is 11.1 Å². The molecule has 1 fully saturated rings. The Hall–Kier alpha value is -1.36. The zero-order chi connectivity index (χ0) is 13.6. The first-order valence-electron chi connectivity index (χ1n) is 5.98. The Bertz CT molecular complexity index is 574. The third kappa shape index (κ3) is 2.52. The quantitative estimate of drug-likeness (QED) is 0.647. The van der Waals surface area contributed by atoms with Crippen LogP contribution in [0.2, 0.25) is 0 Å². The summed E-state index contributed by atoms with van der Waals surface area (Å²) in [6, 6.07) is 4.58. The molecule has 1 unspecified atom stereocenters. The summed E-state index contributed by atoms with van der Waals surface area (Å²) in [7, 11) is -4.53. The maximum atomic E-state index is 11.5. The van der Waals surface area contributed by atoms with Gasteiger partial charge in [0.05, 0.1) is 12.2 Å². The fourth-order valence-electron chi connectivity index (χ4n) is 2.00. The Morgan fingerprint density at radius 1 is 1.37 bits per heavy atom. The predicted molar refractivity (Wildman–Crippen MR) is 64.9 cm³/mol. The van der Waals surface area contributed by atoms with Crippen LogP contribution in [0.3, 0.4) is 0 Å². The number of hydrogen-bond acceptors (Lipinski definition) is 4. The van der Waals surface area contributed by atoms with E-state index in [0.717, 1.165) is 12.8 Å². The van der Waals surface area contributed by atoms with E-state index in [2.05, 4.69) is 0 Å². The van der Waals surface area contributed by atoms with Crippen molar-refractivity contribution in [1.82, 2.24) is 0 Å². The number of cyclic esters (lactones) is 1. The standard InChI is InChI=1S/C12H13O6P/c13-11-9-4-3-8(17-6-7-1-2-7)5-10(9)12(18-11)19(14,15)16/h3-5,7,12H,1-2,6H2,(H2,14,15,16). The van der Waals surface area contributed by atoms with Gasteiger partial charge in [0, 0.05) is 5.56 Å². The number of esters is 1. The molecule has 0 bridgehead atoms. The first-order chi connectivity index (χ1) is 8.95. The fraction of sp³-hybridized carbons (Fsp3) is 0.417. The maximum Gasteiger partial charge on any atom is 0.370 e. The van der Waals surface area contributed by atoms with E-state index in [0.29, 0.717) is 18.3 Å². The Morgan fingerprint density at radius 3 is 2.74 bits per heavy atom. The van der Waals surface area contributed by atoms with Gasteiger partial charge in [0.15, 0.2) is 0 Å². The molecule has 0 saturated heterocycles. The van der Waals surface area contributed by atoms with Crippen molar-refractivity contribution in [3.05, 3.63) is 29.3 Å². The second kappa shape index (κ2) is 4.34. The maximum absolute atomic E-state index is 11.5. The smallest absolute Gasteiger partial charge is 0.370 e. The molecule has 1 atom stereocenters. The summed E-state index contributed by atoms with van der Waals surface area (Å²) in [6.07, 6.45) is 2.30. The summed E-state index contributed by atoms with van der Waals surface area (Å²) < 4.78 is 21.6. The van der Waals surface area contributed by atoms with E-state index >= 15 is 0 Å². The van der Waals surface area contributed by atoms with Gasteiger partial charge in [-0.1, -0.05) is 0 Å². The lowest BCUT2D eigenvalue weighted by atomic mass is 10.1. The van der Waals surface area contributed by atoms with Crippen LogP contribution < -0.4 is 4.74 Å². The van der Waals surface area contributed by atoms with Crippen LogP contribution in [0, 0.1) is 5.92 Å². The molecule has 2 aliphatic rings. The second-order valence-electron chi connectivity index (χ2n) is 4.85. The minimum atomic E-state index is -4.53. The van der Waals surface area contributed by atoms with Crippen LogP contribution in [-0.2, 0) is 9.30 Å². The van der Waals surface area contributed by atoms with Gasteiger partial charge >= 0.3 is 13.6 Å². The van der Waals surface area contributed by atoms with Gasteiger partial charge in [-0.15, -0.1) is 0 Å². The molecule has 0 spiro atoms. The van der Waals surface area contributed by atoms with E-state index in [1.165, 1.54) is 12.1 Å².